The fourth-order valence-corrected chi connectivity index (χ4v) is 9.42. The number of carbonyl (C=O) groups excluding carboxylic acids is 3. The average molecular weight is 1050 g/mol. The van der Waals surface area contributed by atoms with E-state index in [1.54, 1.807) is 0 Å². The van der Waals surface area contributed by atoms with Gasteiger partial charge in [-0.05, 0) is 83.5 Å². The number of carbonyl (C=O) groups is 3. The Labute approximate surface area is 465 Å². The third-order valence-electron chi connectivity index (χ3n) is 14.2. The van der Waals surface area contributed by atoms with Gasteiger partial charge in [0.05, 0.1) is 0 Å². The Balaban J connectivity index is 4.29. The smallest absolute Gasteiger partial charge is 0.306 e. The van der Waals surface area contributed by atoms with Crippen LogP contribution in [-0.2, 0) is 28.6 Å². The van der Waals surface area contributed by atoms with Crippen LogP contribution < -0.4 is 0 Å². The summed E-state index contributed by atoms with van der Waals surface area (Å²) in [7, 11) is 0. The van der Waals surface area contributed by atoms with Crippen molar-refractivity contribution in [3.8, 4) is 0 Å². The molecule has 0 aliphatic carbocycles. The largest absolute Gasteiger partial charge is 0.462 e. The van der Waals surface area contributed by atoms with Crippen molar-refractivity contribution in [3.05, 3.63) is 72.9 Å². The second-order valence-electron chi connectivity index (χ2n) is 21.6. The summed E-state index contributed by atoms with van der Waals surface area (Å²) in [6, 6.07) is 0. The lowest BCUT2D eigenvalue weighted by molar-refractivity contribution is -0.167. The monoisotopic (exact) mass is 1050 g/mol. The Hall–Kier alpha value is -3.15. The van der Waals surface area contributed by atoms with Crippen LogP contribution in [0.4, 0.5) is 0 Å². The standard InChI is InChI=1S/C69H122O6/c1-4-7-10-13-16-19-22-25-28-30-31-32-33-34-35-36-37-39-41-44-47-50-53-56-59-62-68(71)74-65-66(64-73-67(70)61-58-55-52-49-46-43-40-27-24-21-18-15-12-9-6-3)75-69(72)63-60-57-54-51-48-45-42-38-29-26-23-20-17-14-11-8-5-2/h8-9,11-12,17-18,20-21,26-27,29,40,66H,4-7,10,13-16,19,22-25,28,30-39,41-65H2,1-3H3/b11-8-,12-9-,20-17-,21-18-,29-26-,40-27-. The van der Waals surface area contributed by atoms with E-state index in [0.29, 0.717) is 19.3 Å². The van der Waals surface area contributed by atoms with Crippen LogP contribution in [0.1, 0.15) is 329 Å². The van der Waals surface area contributed by atoms with Crippen molar-refractivity contribution in [2.24, 2.45) is 0 Å². The van der Waals surface area contributed by atoms with Gasteiger partial charge in [0.1, 0.15) is 13.2 Å². The molecule has 6 nitrogen and oxygen atoms in total. The first-order chi connectivity index (χ1) is 37.0. The van der Waals surface area contributed by atoms with E-state index in [0.717, 1.165) is 122 Å². The highest BCUT2D eigenvalue weighted by Gasteiger charge is 2.19. The molecule has 0 aliphatic heterocycles. The fourth-order valence-electron chi connectivity index (χ4n) is 9.42. The number of hydrogen-bond acceptors (Lipinski definition) is 6. The maximum Gasteiger partial charge on any atom is 0.306 e. The van der Waals surface area contributed by atoms with Gasteiger partial charge in [0.25, 0.3) is 0 Å². The number of unbranched alkanes of at least 4 members (excludes halogenated alkanes) is 36. The molecule has 0 fully saturated rings. The number of ether oxygens (including phenoxy) is 3. The summed E-state index contributed by atoms with van der Waals surface area (Å²) in [4.78, 5) is 38.3. The number of rotatable bonds is 59. The molecular weight excluding hydrogens is 925 g/mol. The minimum atomic E-state index is -0.788. The van der Waals surface area contributed by atoms with Gasteiger partial charge in [0, 0.05) is 19.3 Å². The summed E-state index contributed by atoms with van der Waals surface area (Å²) in [5.41, 5.74) is 0. The van der Waals surface area contributed by atoms with E-state index in [1.807, 2.05) is 0 Å². The van der Waals surface area contributed by atoms with Crippen molar-refractivity contribution >= 4 is 17.9 Å². The summed E-state index contributed by atoms with van der Waals surface area (Å²) < 4.78 is 16.9. The van der Waals surface area contributed by atoms with Gasteiger partial charge in [0.15, 0.2) is 6.10 Å². The minimum absolute atomic E-state index is 0.0825. The molecular formula is C69H122O6. The van der Waals surface area contributed by atoms with Crippen LogP contribution in [0.3, 0.4) is 0 Å². The number of esters is 3. The first-order valence-electron chi connectivity index (χ1n) is 32.4. The second-order valence-corrected chi connectivity index (χ2v) is 21.6. The fraction of sp³-hybridized carbons (Fsp3) is 0.783. The Morgan fingerprint density at radius 3 is 0.813 bits per heavy atom. The highest BCUT2D eigenvalue weighted by atomic mass is 16.6. The number of allylic oxidation sites excluding steroid dienone is 12. The Bertz CT molecular complexity index is 1390. The van der Waals surface area contributed by atoms with E-state index in [2.05, 4.69) is 93.7 Å². The summed E-state index contributed by atoms with van der Waals surface area (Å²) in [6.45, 7) is 6.44. The molecule has 0 radical (unpaired) electrons. The molecule has 434 valence electrons. The highest BCUT2D eigenvalue weighted by Crippen LogP contribution is 2.18. The molecule has 0 heterocycles. The van der Waals surface area contributed by atoms with Crippen LogP contribution in [0, 0.1) is 0 Å². The first kappa shape index (κ1) is 71.8. The predicted octanol–water partition coefficient (Wildman–Crippen LogP) is 22.1. The zero-order valence-corrected chi connectivity index (χ0v) is 49.8. The molecule has 0 rings (SSSR count). The average Bonchev–Trinajstić information content (AvgIpc) is 3.41. The third-order valence-corrected chi connectivity index (χ3v) is 14.2. The van der Waals surface area contributed by atoms with Crippen molar-refractivity contribution in [1.29, 1.82) is 0 Å². The molecule has 0 saturated carbocycles. The predicted molar refractivity (Wildman–Crippen MR) is 325 cm³/mol. The maximum absolute atomic E-state index is 12.9. The van der Waals surface area contributed by atoms with Crippen LogP contribution in [-0.4, -0.2) is 37.2 Å². The Morgan fingerprint density at radius 1 is 0.280 bits per heavy atom. The van der Waals surface area contributed by atoms with Gasteiger partial charge in [-0.1, -0.05) is 299 Å². The molecule has 0 N–H and O–H groups in total. The Morgan fingerprint density at radius 2 is 0.520 bits per heavy atom. The normalized spacial score (nSPS) is 12.5. The molecule has 0 aliphatic rings. The summed E-state index contributed by atoms with van der Waals surface area (Å²) >= 11 is 0. The van der Waals surface area contributed by atoms with Crippen LogP contribution >= 0.6 is 0 Å². The summed E-state index contributed by atoms with van der Waals surface area (Å²) in [5, 5.41) is 0. The van der Waals surface area contributed by atoms with Crippen LogP contribution in [0.2, 0.25) is 0 Å². The van der Waals surface area contributed by atoms with E-state index in [-0.39, 0.29) is 31.1 Å². The van der Waals surface area contributed by atoms with Gasteiger partial charge < -0.3 is 14.2 Å². The molecule has 0 bridgehead atoms. The SMILES string of the molecule is CC/C=C\C/C=C\C/C=C\CCCCCCCCCC(=O)OC(COC(=O)CCCCCCC/C=C\C/C=C\C/C=C\CC)COC(=O)CCCCCCCCCCCCCCCCCCCCCCCCCCC. The highest BCUT2D eigenvalue weighted by molar-refractivity contribution is 5.71. The van der Waals surface area contributed by atoms with Gasteiger partial charge in [-0.25, -0.2) is 0 Å². The van der Waals surface area contributed by atoms with Crippen LogP contribution in [0.5, 0.6) is 0 Å². The molecule has 1 atom stereocenters. The van der Waals surface area contributed by atoms with E-state index >= 15 is 0 Å². The van der Waals surface area contributed by atoms with Crippen molar-refractivity contribution in [1.82, 2.24) is 0 Å². The Kier molecular flexibility index (Phi) is 60.7. The van der Waals surface area contributed by atoms with Gasteiger partial charge in [-0.3, -0.25) is 14.4 Å². The summed E-state index contributed by atoms with van der Waals surface area (Å²) in [6.07, 6.45) is 82.1. The molecule has 0 aromatic heterocycles. The zero-order chi connectivity index (χ0) is 54.3. The zero-order valence-electron chi connectivity index (χ0n) is 49.8. The molecule has 0 amide bonds. The quantitative estimate of drug-likeness (QED) is 0.0261. The van der Waals surface area contributed by atoms with Crippen molar-refractivity contribution in [3.63, 3.8) is 0 Å². The van der Waals surface area contributed by atoms with Crippen LogP contribution in [0.25, 0.3) is 0 Å². The molecule has 6 heteroatoms. The number of hydrogen-bond donors (Lipinski definition) is 0. The second kappa shape index (κ2) is 63.4. The molecule has 0 spiro atoms. The summed E-state index contributed by atoms with van der Waals surface area (Å²) in [5.74, 6) is -0.894. The molecule has 75 heavy (non-hydrogen) atoms. The van der Waals surface area contributed by atoms with Crippen LogP contribution in [0.15, 0.2) is 72.9 Å². The van der Waals surface area contributed by atoms with Gasteiger partial charge in [-0.2, -0.15) is 0 Å². The van der Waals surface area contributed by atoms with Crippen molar-refractivity contribution < 1.29 is 28.6 Å². The third kappa shape index (κ3) is 61.6. The van der Waals surface area contributed by atoms with E-state index in [1.165, 1.54) is 167 Å². The van der Waals surface area contributed by atoms with Crippen molar-refractivity contribution in [2.75, 3.05) is 13.2 Å². The lowest BCUT2D eigenvalue weighted by atomic mass is 10.0. The van der Waals surface area contributed by atoms with Gasteiger partial charge in [-0.15, -0.1) is 0 Å². The van der Waals surface area contributed by atoms with E-state index in [9.17, 15) is 14.4 Å². The topological polar surface area (TPSA) is 78.9 Å². The minimum Gasteiger partial charge on any atom is -0.462 e. The van der Waals surface area contributed by atoms with Crippen molar-refractivity contribution in [2.45, 2.75) is 335 Å². The first-order valence-corrected chi connectivity index (χ1v) is 32.4. The van der Waals surface area contributed by atoms with E-state index < -0.39 is 6.10 Å². The molecule has 0 aromatic carbocycles. The lowest BCUT2D eigenvalue weighted by Gasteiger charge is -2.18. The molecule has 0 aromatic rings. The lowest BCUT2D eigenvalue weighted by Crippen LogP contribution is -2.30. The van der Waals surface area contributed by atoms with E-state index in [4.69, 9.17) is 14.2 Å². The van der Waals surface area contributed by atoms with Gasteiger partial charge >= 0.3 is 17.9 Å². The maximum atomic E-state index is 12.9. The molecule has 0 saturated heterocycles. The van der Waals surface area contributed by atoms with Gasteiger partial charge in [0.2, 0.25) is 0 Å². The molecule has 1 unspecified atom stereocenters.